The first-order chi connectivity index (χ1) is 12.8. The maximum Gasteiger partial charge on any atom is 0.249 e. The number of piperidine rings is 1. The molecule has 1 N–H and O–H groups in total. The molecule has 26 heavy (non-hydrogen) atoms. The van der Waals surface area contributed by atoms with Crippen molar-refractivity contribution in [3.05, 3.63) is 30.1 Å². The smallest absolute Gasteiger partial charge is 0.249 e. The Balaban J connectivity index is 1.23. The first kappa shape index (κ1) is 17.9. The van der Waals surface area contributed by atoms with Gasteiger partial charge in [-0.3, -0.25) is 14.7 Å². The van der Waals surface area contributed by atoms with Gasteiger partial charge in [-0.2, -0.15) is 0 Å². The summed E-state index contributed by atoms with van der Waals surface area (Å²) >= 11 is 0. The van der Waals surface area contributed by atoms with Crippen LogP contribution in [-0.2, 0) is 20.7 Å². The van der Waals surface area contributed by atoms with Crippen molar-refractivity contribution in [1.29, 1.82) is 0 Å². The van der Waals surface area contributed by atoms with Crippen LogP contribution in [-0.4, -0.2) is 66.9 Å². The highest BCUT2D eigenvalue weighted by molar-refractivity contribution is 5.81. The Kier molecular flexibility index (Phi) is 5.82. The third-order valence-corrected chi connectivity index (χ3v) is 5.99. The van der Waals surface area contributed by atoms with E-state index in [1.807, 2.05) is 18.2 Å². The quantitative estimate of drug-likeness (QED) is 0.861. The summed E-state index contributed by atoms with van der Waals surface area (Å²) in [5.41, 5.74) is 1.00. The van der Waals surface area contributed by atoms with E-state index in [0.29, 0.717) is 18.5 Å². The SMILES string of the molecule is O=C(NCCc1ccccn1)[C@@H]1C[C@H]2CCN(C3CCOCC3)C[C@@H]2O1. The third kappa shape index (κ3) is 4.24. The van der Waals surface area contributed by atoms with Gasteiger partial charge < -0.3 is 14.8 Å². The van der Waals surface area contributed by atoms with E-state index in [9.17, 15) is 4.79 Å². The Labute approximate surface area is 155 Å². The minimum Gasteiger partial charge on any atom is -0.381 e. The molecule has 3 atom stereocenters. The number of hydrogen-bond acceptors (Lipinski definition) is 5. The highest BCUT2D eigenvalue weighted by Crippen LogP contribution is 2.34. The van der Waals surface area contributed by atoms with Crippen LogP contribution >= 0.6 is 0 Å². The number of ether oxygens (including phenoxy) is 2. The molecule has 1 amide bonds. The largest absolute Gasteiger partial charge is 0.381 e. The van der Waals surface area contributed by atoms with E-state index in [4.69, 9.17) is 9.47 Å². The number of rotatable bonds is 5. The second-order valence-corrected chi connectivity index (χ2v) is 7.65. The monoisotopic (exact) mass is 359 g/mol. The van der Waals surface area contributed by atoms with Crippen molar-refractivity contribution in [3.8, 4) is 0 Å². The molecule has 142 valence electrons. The van der Waals surface area contributed by atoms with Crippen molar-refractivity contribution < 1.29 is 14.3 Å². The Hall–Kier alpha value is -1.50. The van der Waals surface area contributed by atoms with Crippen molar-refractivity contribution >= 4 is 5.91 Å². The van der Waals surface area contributed by atoms with E-state index in [1.165, 1.54) is 0 Å². The number of carbonyl (C=O) groups is 1. The zero-order chi connectivity index (χ0) is 17.8. The molecule has 0 spiro atoms. The Morgan fingerprint density at radius 1 is 1.27 bits per heavy atom. The summed E-state index contributed by atoms with van der Waals surface area (Å²) in [4.78, 5) is 19.3. The maximum absolute atomic E-state index is 12.5. The second-order valence-electron chi connectivity index (χ2n) is 7.65. The molecule has 0 saturated carbocycles. The minimum absolute atomic E-state index is 0.0351. The molecular weight excluding hydrogens is 330 g/mol. The summed E-state index contributed by atoms with van der Waals surface area (Å²) in [5, 5.41) is 3.02. The number of hydrogen-bond donors (Lipinski definition) is 1. The molecular formula is C20H29N3O3. The third-order valence-electron chi connectivity index (χ3n) is 5.99. The Bertz CT molecular complexity index is 591. The summed E-state index contributed by atoms with van der Waals surface area (Å²) in [5.74, 6) is 0.561. The molecule has 1 aromatic rings. The van der Waals surface area contributed by atoms with E-state index in [1.54, 1.807) is 6.20 Å². The number of pyridine rings is 1. The van der Waals surface area contributed by atoms with E-state index in [2.05, 4.69) is 15.2 Å². The number of aromatic nitrogens is 1. The number of nitrogens with zero attached hydrogens (tertiary/aromatic N) is 2. The molecule has 1 aromatic heterocycles. The molecule has 6 nitrogen and oxygen atoms in total. The van der Waals surface area contributed by atoms with Crippen LogP contribution in [0.15, 0.2) is 24.4 Å². The lowest BCUT2D eigenvalue weighted by Gasteiger charge is -2.40. The predicted octanol–water partition coefficient (Wildman–Crippen LogP) is 1.40. The molecule has 3 fully saturated rings. The first-order valence-corrected chi connectivity index (χ1v) is 9.94. The molecule has 4 rings (SSSR count). The molecule has 4 heterocycles. The first-order valence-electron chi connectivity index (χ1n) is 9.94. The average Bonchev–Trinajstić information content (AvgIpc) is 3.13. The van der Waals surface area contributed by atoms with Gasteiger partial charge in [0.15, 0.2) is 0 Å². The fraction of sp³-hybridized carbons (Fsp3) is 0.700. The lowest BCUT2D eigenvalue weighted by Crippen LogP contribution is -2.49. The fourth-order valence-electron chi connectivity index (χ4n) is 4.48. The van der Waals surface area contributed by atoms with Crippen molar-refractivity contribution in [2.24, 2.45) is 5.92 Å². The van der Waals surface area contributed by atoms with E-state index in [-0.39, 0.29) is 18.1 Å². The van der Waals surface area contributed by atoms with Crippen LogP contribution in [0.2, 0.25) is 0 Å². The van der Waals surface area contributed by atoms with Gasteiger partial charge in [-0.25, -0.2) is 0 Å². The van der Waals surface area contributed by atoms with Gasteiger partial charge in [0.1, 0.15) is 6.10 Å². The van der Waals surface area contributed by atoms with Gasteiger partial charge in [-0.1, -0.05) is 6.07 Å². The normalized spacial score (nSPS) is 30.1. The average molecular weight is 359 g/mol. The van der Waals surface area contributed by atoms with E-state index in [0.717, 1.165) is 64.1 Å². The second kappa shape index (κ2) is 8.46. The van der Waals surface area contributed by atoms with Crippen LogP contribution in [0.4, 0.5) is 0 Å². The molecule has 3 aliphatic rings. The predicted molar refractivity (Wildman–Crippen MR) is 97.7 cm³/mol. The lowest BCUT2D eigenvalue weighted by molar-refractivity contribution is -0.133. The topological polar surface area (TPSA) is 63.7 Å². The van der Waals surface area contributed by atoms with Gasteiger partial charge in [-0.15, -0.1) is 0 Å². The Morgan fingerprint density at radius 2 is 2.15 bits per heavy atom. The number of nitrogens with one attached hydrogen (secondary N) is 1. The van der Waals surface area contributed by atoms with Crippen LogP contribution < -0.4 is 5.32 Å². The molecule has 0 radical (unpaired) electrons. The molecule has 0 bridgehead atoms. The highest BCUT2D eigenvalue weighted by Gasteiger charge is 2.42. The summed E-state index contributed by atoms with van der Waals surface area (Å²) in [6.45, 7) is 4.45. The van der Waals surface area contributed by atoms with Crippen LogP contribution in [0, 0.1) is 5.92 Å². The zero-order valence-electron chi connectivity index (χ0n) is 15.3. The fourth-order valence-corrected chi connectivity index (χ4v) is 4.48. The number of amides is 1. The van der Waals surface area contributed by atoms with Crippen LogP contribution in [0.25, 0.3) is 0 Å². The van der Waals surface area contributed by atoms with Gasteiger partial charge in [0.2, 0.25) is 5.91 Å². The van der Waals surface area contributed by atoms with Gasteiger partial charge in [0.05, 0.1) is 6.10 Å². The van der Waals surface area contributed by atoms with Crippen LogP contribution in [0.3, 0.4) is 0 Å². The van der Waals surface area contributed by atoms with E-state index >= 15 is 0 Å². The summed E-state index contributed by atoms with van der Waals surface area (Å²) in [7, 11) is 0. The van der Waals surface area contributed by atoms with Crippen molar-refractivity contribution in [2.75, 3.05) is 32.8 Å². The maximum atomic E-state index is 12.5. The molecule has 0 aliphatic carbocycles. The molecule has 3 saturated heterocycles. The van der Waals surface area contributed by atoms with Crippen molar-refractivity contribution in [1.82, 2.24) is 15.2 Å². The number of fused-ring (bicyclic) bond motifs is 1. The van der Waals surface area contributed by atoms with Crippen LogP contribution in [0.1, 0.15) is 31.4 Å². The van der Waals surface area contributed by atoms with E-state index < -0.39 is 0 Å². The van der Waals surface area contributed by atoms with Gasteiger partial charge in [0.25, 0.3) is 0 Å². The van der Waals surface area contributed by atoms with Gasteiger partial charge in [-0.05, 0) is 50.3 Å². The summed E-state index contributed by atoms with van der Waals surface area (Å²) < 4.78 is 11.6. The van der Waals surface area contributed by atoms with Gasteiger partial charge >= 0.3 is 0 Å². The molecule has 0 unspecified atom stereocenters. The molecule has 3 aliphatic heterocycles. The van der Waals surface area contributed by atoms with Gasteiger partial charge in [0, 0.05) is 50.7 Å². The summed E-state index contributed by atoms with van der Waals surface area (Å²) in [6, 6.07) is 6.48. The number of carbonyl (C=O) groups excluding carboxylic acids is 1. The molecule has 0 aromatic carbocycles. The van der Waals surface area contributed by atoms with Crippen molar-refractivity contribution in [3.63, 3.8) is 0 Å². The zero-order valence-corrected chi connectivity index (χ0v) is 15.3. The molecule has 6 heteroatoms. The number of likely N-dealkylation sites (tertiary alicyclic amines) is 1. The standard InChI is InChI=1S/C20H29N3O3/c24-20(22-9-4-16-3-1-2-8-21-16)18-13-15-5-10-23(14-19(15)26-18)17-6-11-25-12-7-17/h1-3,8,15,17-19H,4-7,9-14H2,(H,22,24)/t15-,18+,19+/m1/s1. The highest BCUT2D eigenvalue weighted by atomic mass is 16.5. The minimum atomic E-state index is -0.289. The van der Waals surface area contributed by atoms with Crippen LogP contribution in [0.5, 0.6) is 0 Å². The lowest BCUT2D eigenvalue weighted by atomic mass is 9.90. The Morgan fingerprint density at radius 3 is 2.96 bits per heavy atom. The van der Waals surface area contributed by atoms with Crippen molar-refractivity contribution in [2.45, 2.75) is 50.4 Å². The summed E-state index contributed by atoms with van der Waals surface area (Å²) in [6.07, 6.45) is 6.70.